The SMILES string of the molecule is C/C(=C/c1cc(C)ccc1C)CC1COCCN1. The zero-order chi connectivity index (χ0) is 13.0. The number of hydrogen-bond acceptors (Lipinski definition) is 2. The molecule has 98 valence electrons. The zero-order valence-corrected chi connectivity index (χ0v) is 11.6. The Labute approximate surface area is 110 Å². The van der Waals surface area contributed by atoms with Crippen molar-refractivity contribution < 1.29 is 4.74 Å². The lowest BCUT2D eigenvalue weighted by molar-refractivity contribution is 0.0771. The first-order valence-electron chi connectivity index (χ1n) is 6.71. The monoisotopic (exact) mass is 245 g/mol. The van der Waals surface area contributed by atoms with Crippen LogP contribution in [0.3, 0.4) is 0 Å². The summed E-state index contributed by atoms with van der Waals surface area (Å²) >= 11 is 0. The quantitative estimate of drug-likeness (QED) is 0.883. The lowest BCUT2D eigenvalue weighted by Crippen LogP contribution is -2.41. The molecule has 18 heavy (non-hydrogen) atoms. The Balaban J connectivity index is 2.04. The minimum Gasteiger partial charge on any atom is -0.379 e. The van der Waals surface area contributed by atoms with Gasteiger partial charge in [-0.3, -0.25) is 0 Å². The number of nitrogens with one attached hydrogen (secondary N) is 1. The molecule has 0 saturated carbocycles. The van der Waals surface area contributed by atoms with E-state index >= 15 is 0 Å². The van der Waals surface area contributed by atoms with Crippen molar-refractivity contribution in [1.29, 1.82) is 0 Å². The molecular formula is C16H23NO. The molecule has 0 amide bonds. The Kier molecular flexibility index (Phi) is 4.56. The van der Waals surface area contributed by atoms with Gasteiger partial charge in [-0.05, 0) is 38.3 Å². The minimum absolute atomic E-state index is 0.472. The second-order valence-electron chi connectivity index (χ2n) is 5.28. The van der Waals surface area contributed by atoms with Gasteiger partial charge >= 0.3 is 0 Å². The van der Waals surface area contributed by atoms with Crippen LogP contribution < -0.4 is 5.32 Å². The third-order valence-corrected chi connectivity index (χ3v) is 3.40. The first kappa shape index (κ1) is 13.3. The molecule has 1 unspecified atom stereocenters. The molecule has 2 rings (SSSR count). The summed E-state index contributed by atoms with van der Waals surface area (Å²) in [5.41, 5.74) is 5.41. The maximum atomic E-state index is 5.49. The largest absolute Gasteiger partial charge is 0.379 e. The molecule has 1 N–H and O–H groups in total. The van der Waals surface area contributed by atoms with Gasteiger partial charge in [0, 0.05) is 12.6 Å². The fourth-order valence-electron chi connectivity index (χ4n) is 2.38. The second-order valence-corrected chi connectivity index (χ2v) is 5.28. The van der Waals surface area contributed by atoms with Gasteiger partial charge in [-0.25, -0.2) is 0 Å². The molecule has 1 atom stereocenters. The number of hydrogen-bond donors (Lipinski definition) is 1. The van der Waals surface area contributed by atoms with Crippen LogP contribution in [0.1, 0.15) is 30.0 Å². The van der Waals surface area contributed by atoms with Crippen LogP contribution in [0.4, 0.5) is 0 Å². The van der Waals surface area contributed by atoms with E-state index in [0.29, 0.717) is 6.04 Å². The van der Waals surface area contributed by atoms with Crippen LogP contribution in [-0.2, 0) is 4.74 Å². The first-order chi connectivity index (χ1) is 8.65. The van der Waals surface area contributed by atoms with Gasteiger partial charge in [0.1, 0.15) is 0 Å². The Bertz CT molecular complexity index is 431. The highest BCUT2D eigenvalue weighted by atomic mass is 16.5. The Morgan fingerprint density at radius 1 is 1.44 bits per heavy atom. The molecule has 2 nitrogen and oxygen atoms in total. The predicted octanol–water partition coefficient (Wildman–Crippen LogP) is 3.09. The molecule has 1 aliphatic rings. The summed E-state index contributed by atoms with van der Waals surface area (Å²) in [5.74, 6) is 0. The maximum Gasteiger partial charge on any atom is 0.0623 e. The van der Waals surface area contributed by atoms with Crippen molar-refractivity contribution in [1.82, 2.24) is 5.32 Å². The number of rotatable bonds is 3. The molecule has 0 spiro atoms. The summed E-state index contributed by atoms with van der Waals surface area (Å²) in [7, 11) is 0. The van der Waals surface area contributed by atoms with Crippen molar-refractivity contribution in [3.8, 4) is 0 Å². The molecule has 1 aromatic carbocycles. The predicted molar refractivity (Wildman–Crippen MR) is 76.8 cm³/mol. The van der Waals surface area contributed by atoms with Crippen LogP contribution >= 0.6 is 0 Å². The van der Waals surface area contributed by atoms with E-state index in [4.69, 9.17) is 4.74 Å². The van der Waals surface area contributed by atoms with E-state index in [1.54, 1.807) is 0 Å². The van der Waals surface area contributed by atoms with Crippen molar-refractivity contribution in [2.45, 2.75) is 33.2 Å². The number of benzene rings is 1. The average molecular weight is 245 g/mol. The van der Waals surface area contributed by atoms with E-state index in [0.717, 1.165) is 26.2 Å². The molecule has 1 aromatic rings. The average Bonchev–Trinajstić information content (AvgIpc) is 2.35. The smallest absolute Gasteiger partial charge is 0.0623 e. The summed E-state index contributed by atoms with van der Waals surface area (Å²) in [6, 6.07) is 7.08. The molecule has 1 aliphatic heterocycles. The van der Waals surface area contributed by atoms with Gasteiger partial charge in [0.25, 0.3) is 0 Å². The van der Waals surface area contributed by atoms with Crippen molar-refractivity contribution in [3.05, 3.63) is 40.5 Å². The molecule has 0 aromatic heterocycles. The van der Waals surface area contributed by atoms with Crippen LogP contribution in [0.15, 0.2) is 23.8 Å². The second kappa shape index (κ2) is 6.17. The third-order valence-electron chi connectivity index (χ3n) is 3.40. The van der Waals surface area contributed by atoms with Crippen molar-refractivity contribution in [2.24, 2.45) is 0 Å². The van der Waals surface area contributed by atoms with E-state index in [-0.39, 0.29) is 0 Å². The van der Waals surface area contributed by atoms with Crippen molar-refractivity contribution >= 4 is 6.08 Å². The van der Waals surface area contributed by atoms with Gasteiger partial charge in [-0.2, -0.15) is 0 Å². The van der Waals surface area contributed by atoms with Crippen LogP contribution in [0.2, 0.25) is 0 Å². The van der Waals surface area contributed by atoms with E-state index < -0.39 is 0 Å². The maximum absolute atomic E-state index is 5.49. The normalized spacial score (nSPS) is 21.1. The molecular weight excluding hydrogens is 222 g/mol. The Hall–Kier alpha value is -1.12. The fourth-order valence-corrected chi connectivity index (χ4v) is 2.38. The molecule has 1 fully saturated rings. The highest BCUT2D eigenvalue weighted by Gasteiger charge is 2.13. The van der Waals surface area contributed by atoms with Gasteiger partial charge in [-0.15, -0.1) is 0 Å². The van der Waals surface area contributed by atoms with E-state index in [9.17, 15) is 0 Å². The Morgan fingerprint density at radius 3 is 3.00 bits per heavy atom. The van der Waals surface area contributed by atoms with E-state index in [2.05, 4.69) is 50.4 Å². The highest BCUT2D eigenvalue weighted by Crippen LogP contribution is 2.17. The fraction of sp³-hybridized carbons (Fsp3) is 0.500. The van der Waals surface area contributed by atoms with Gasteiger partial charge < -0.3 is 10.1 Å². The summed E-state index contributed by atoms with van der Waals surface area (Å²) in [5, 5.41) is 3.50. The Morgan fingerprint density at radius 2 is 2.28 bits per heavy atom. The van der Waals surface area contributed by atoms with Crippen molar-refractivity contribution in [3.63, 3.8) is 0 Å². The van der Waals surface area contributed by atoms with Crippen molar-refractivity contribution in [2.75, 3.05) is 19.8 Å². The minimum atomic E-state index is 0.472. The zero-order valence-electron chi connectivity index (χ0n) is 11.6. The van der Waals surface area contributed by atoms with Crippen LogP contribution in [-0.4, -0.2) is 25.8 Å². The highest BCUT2D eigenvalue weighted by molar-refractivity contribution is 5.57. The molecule has 1 saturated heterocycles. The van der Waals surface area contributed by atoms with Crippen LogP contribution in [0, 0.1) is 13.8 Å². The number of aryl methyl sites for hydroxylation is 2. The van der Waals surface area contributed by atoms with Gasteiger partial charge in [0.2, 0.25) is 0 Å². The van der Waals surface area contributed by atoms with Gasteiger partial charge in [0.15, 0.2) is 0 Å². The summed E-state index contributed by atoms with van der Waals surface area (Å²) in [4.78, 5) is 0. The summed E-state index contributed by atoms with van der Waals surface area (Å²) in [6.07, 6.45) is 3.37. The third kappa shape index (κ3) is 3.69. The first-order valence-corrected chi connectivity index (χ1v) is 6.71. The standard InChI is InChI=1S/C16H23NO/c1-12-4-5-14(3)15(8-12)9-13(2)10-16-11-18-7-6-17-16/h4-5,8-9,16-17H,6-7,10-11H2,1-3H3/b13-9-. The van der Waals surface area contributed by atoms with Crippen LogP contribution in [0.5, 0.6) is 0 Å². The van der Waals surface area contributed by atoms with Gasteiger partial charge in [0.05, 0.1) is 13.2 Å². The number of morpholine rings is 1. The summed E-state index contributed by atoms with van der Waals surface area (Å²) in [6.45, 7) is 9.16. The topological polar surface area (TPSA) is 21.3 Å². The molecule has 1 heterocycles. The van der Waals surface area contributed by atoms with Crippen LogP contribution in [0.25, 0.3) is 6.08 Å². The molecule has 0 radical (unpaired) electrons. The van der Waals surface area contributed by atoms with E-state index in [1.807, 2.05) is 0 Å². The van der Waals surface area contributed by atoms with E-state index in [1.165, 1.54) is 22.3 Å². The lowest BCUT2D eigenvalue weighted by Gasteiger charge is -2.24. The lowest BCUT2D eigenvalue weighted by atomic mass is 10.0. The molecule has 0 aliphatic carbocycles. The number of ether oxygens (including phenoxy) is 1. The molecule has 0 bridgehead atoms. The summed E-state index contributed by atoms with van der Waals surface area (Å²) < 4.78 is 5.49. The molecule has 2 heteroatoms. The van der Waals surface area contributed by atoms with Gasteiger partial charge in [-0.1, -0.05) is 35.4 Å².